The zero-order chi connectivity index (χ0) is 43.4. The lowest BCUT2D eigenvalue weighted by molar-refractivity contribution is -0.346. The van der Waals surface area contributed by atoms with E-state index in [1.165, 1.54) is 38.2 Å². The first-order valence-electron chi connectivity index (χ1n) is 20.6. The van der Waals surface area contributed by atoms with E-state index >= 15 is 0 Å². The normalized spacial score (nSPS) is 34.3. The summed E-state index contributed by atoms with van der Waals surface area (Å²) in [6, 6.07) is -2.01. The third-order valence-corrected chi connectivity index (χ3v) is 11.0. The lowest BCUT2D eigenvalue weighted by atomic mass is 9.91. The molecule has 0 spiro atoms. The number of amides is 2. The van der Waals surface area contributed by atoms with Gasteiger partial charge in [-0.3, -0.25) is 23.9 Å². The Kier molecular flexibility index (Phi) is 19.1. The average molecular weight is 845 g/mol. The van der Waals surface area contributed by atoms with Gasteiger partial charge in [-0.15, -0.1) is 0 Å². The molecule has 3 saturated heterocycles. The average Bonchev–Trinajstić information content (AvgIpc) is 3.47. The van der Waals surface area contributed by atoms with Gasteiger partial charge in [0, 0.05) is 25.6 Å². The number of ether oxygens (including phenoxy) is 4. The second kappa shape index (κ2) is 23.2. The number of rotatable bonds is 21. The van der Waals surface area contributed by atoms with Crippen molar-refractivity contribution in [2.45, 2.75) is 183 Å². The quantitative estimate of drug-likeness (QED) is 0.0467. The van der Waals surface area contributed by atoms with Gasteiger partial charge in [0.1, 0.15) is 60.9 Å². The Labute approximate surface area is 342 Å². The number of nitrogens with zero attached hydrogens (tertiary/aromatic N) is 1. The van der Waals surface area contributed by atoms with Gasteiger partial charge in [-0.2, -0.15) is 0 Å². The highest BCUT2D eigenvalue weighted by Gasteiger charge is 2.53. The zero-order valence-electron chi connectivity index (χ0n) is 33.8. The second-order valence-corrected chi connectivity index (χ2v) is 16.1. The molecule has 1 aromatic rings. The first kappa shape index (κ1) is 48.5. The minimum atomic E-state index is -1.85. The summed E-state index contributed by atoms with van der Waals surface area (Å²) in [5, 5.41) is 91.4. The van der Waals surface area contributed by atoms with Gasteiger partial charge in [-0.1, -0.05) is 71.3 Å². The molecule has 20 heteroatoms. The van der Waals surface area contributed by atoms with Crippen LogP contribution in [0, 0.1) is 5.92 Å². The molecular weight excluding hydrogens is 780 g/mol. The molecule has 11 N–H and O–H groups in total. The summed E-state index contributed by atoms with van der Waals surface area (Å²) in [4.78, 5) is 51.1. The van der Waals surface area contributed by atoms with Crippen molar-refractivity contribution in [2.24, 2.45) is 5.92 Å². The van der Waals surface area contributed by atoms with Gasteiger partial charge in [0.2, 0.25) is 11.8 Å². The SMILES string of the molecule is CC(=O)N[C@H]1[C@H](O[C@H]2O[C@H](CC(O)[C@H]3O[C@@H](n4ccc(=O)[nH]c4=O)[C@H](O)[C@@H]3O)[C@H](O)[C@H](O)[C@H]2NC(=O)/C=C/CCCCCCCCCCC(C)C)O[C@H](CO)[C@@H](O)[C@@H]1O. The third kappa shape index (κ3) is 13.4. The van der Waals surface area contributed by atoms with Gasteiger partial charge in [0.15, 0.2) is 18.8 Å². The van der Waals surface area contributed by atoms with Crippen LogP contribution in [0.2, 0.25) is 0 Å². The van der Waals surface area contributed by atoms with Crippen LogP contribution >= 0.6 is 0 Å². The lowest BCUT2D eigenvalue weighted by Gasteiger charge is -2.47. The van der Waals surface area contributed by atoms with Crippen molar-refractivity contribution in [3.05, 3.63) is 45.3 Å². The smallest absolute Gasteiger partial charge is 0.330 e. The van der Waals surface area contributed by atoms with Crippen LogP contribution in [-0.2, 0) is 28.5 Å². The van der Waals surface area contributed by atoms with E-state index in [0.29, 0.717) is 6.42 Å². The molecule has 1 aromatic heterocycles. The van der Waals surface area contributed by atoms with Crippen LogP contribution in [0.1, 0.15) is 97.6 Å². The minimum absolute atomic E-state index is 0.597. The fourth-order valence-corrected chi connectivity index (χ4v) is 7.63. The van der Waals surface area contributed by atoms with Crippen LogP contribution < -0.4 is 21.9 Å². The summed E-state index contributed by atoms with van der Waals surface area (Å²) in [5.41, 5.74) is -1.68. The van der Waals surface area contributed by atoms with E-state index in [1.54, 1.807) is 6.08 Å². The number of allylic oxidation sites excluding steroid dienone is 1. The van der Waals surface area contributed by atoms with Gasteiger partial charge >= 0.3 is 5.69 Å². The van der Waals surface area contributed by atoms with Crippen molar-refractivity contribution in [2.75, 3.05) is 6.61 Å². The predicted molar refractivity (Wildman–Crippen MR) is 207 cm³/mol. The Hall–Kier alpha value is -3.12. The predicted octanol–water partition coefficient (Wildman–Crippen LogP) is -2.09. The number of carbonyl (C=O) groups is 2. The van der Waals surface area contributed by atoms with E-state index in [-0.39, 0.29) is 0 Å². The molecule has 0 aromatic carbocycles. The molecule has 3 aliphatic heterocycles. The summed E-state index contributed by atoms with van der Waals surface area (Å²) in [7, 11) is 0. The molecule has 59 heavy (non-hydrogen) atoms. The molecule has 1 unspecified atom stereocenters. The van der Waals surface area contributed by atoms with Gasteiger partial charge in [0.05, 0.1) is 18.8 Å². The highest BCUT2D eigenvalue weighted by molar-refractivity contribution is 5.87. The zero-order valence-corrected chi connectivity index (χ0v) is 33.8. The monoisotopic (exact) mass is 844 g/mol. The summed E-state index contributed by atoms with van der Waals surface area (Å²) >= 11 is 0. The number of unbranched alkanes of at least 4 members (excludes halogenated alkanes) is 8. The number of aliphatic hydroxyl groups excluding tert-OH is 8. The molecule has 3 fully saturated rings. The molecule has 2 amide bonds. The van der Waals surface area contributed by atoms with Crippen molar-refractivity contribution in [3.63, 3.8) is 0 Å². The number of aromatic nitrogens is 2. The lowest BCUT2D eigenvalue weighted by Crippen LogP contribution is -2.68. The highest BCUT2D eigenvalue weighted by Crippen LogP contribution is 2.34. The van der Waals surface area contributed by atoms with E-state index < -0.39 is 128 Å². The van der Waals surface area contributed by atoms with Crippen LogP contribution in [0.25, 0.3) is 0 Å². The Morgan fingerprint density at radius 2 is 1.39 bits per heavy atom. The first-order valence-corrected chi connectivity index (χ1v) is 20.6. The van der Waals surface area contributed by atoms with Crippen LogP contribution in [-0.4, -0.2) is 155 Å². The molecule has 15 atom stereocenters. The molecular formula is C39H64N4O16. The van der Waals surface area contributed by atoms with E-state index in [1.807, 2.05) is 4.98 Å². The van der Waals surface area contributed by atoms with Crippen molar-refractivity contribution < 1.29 is 69.4 Å². The second-order valence-electron chi connectivity index (χ2n) is 16.1. The number of aliphatic hydroxyl groups is 8. The molecule has 4 heterocycles. The number of nitrogens with one attached hydrogen (secondary N) is 3. The van der Waals surface area contributed by atoms with Crippen LogP contribution in [0.5, 0.6) is 0 Å². The molecule has 0 aliphatic carbocycles. The Morgan fingerprint density at radius 3 is 1.98 bits per heavy atom. The van der Waals surface area contributed by atoms with Crippen molar-refractivity contribution in [3.8, 4) is 0 Å². The topological polar surface area (TPSA) is 312 Å². The number of hydrogen-bond acceptors (Lipinski definition) is 16. The highest BCUT2D eigenvalue weighted by atomic mass is 16.8. The summed E-state index contributed by atoms with van der Waals surface area (Å²) in [6.07, 6.45) is -7.65. The summed E-state index contributed by atoms with van der Waals surface area (Å²) < 4.78 is 24.1. The minimum Gasteiger partial charge on any atom is -0.394 e. The number of hydrogen-bond donors (Lipinski definition) is 11. The van der Waals surface area contributed by atoms with E-state index in [4.69, 9.17) is 18.9 Å². The molecule has 0 radical (unpaired) electrons. The fraction of sp³-hybridized carbons (Fsp3) is 0.795. The van der Waals surface area contributed by atoms with Crippen LogP contribution in [0.15, 0.2) is 34.0 Å². The molecule has 336 valence electrons. The van der Waals surface area contributed by atoms with Gasteiger partial charge in [0.25, 0.3) is 5.56 Å². The van der Waals surface area contributed by atoms with Gasteiger partial charge in [-0.25, -0.2) is 4.79 Å². The standard InChI is InChI=1S/C39H64N4O16/c1-20(2)14-12-10-8-6-4-5-7-9-11-13-15-25(47)41-28-32(52)29(49)23(56-38(28)59-37-27(40-21(3)45)31(51)30(50)24(19-44)57-37)18-22(46)35-33(53)34(54)36(58-35)43-17-16-26(48)42-39(43)55/h13,15-17,20,22-24,27-38,44,46,49-54H,4-12,14,18-19H2,1-3H3,(H,40,45)(H,41,47)(H,42,48,55)/b15-13+/t22?,23-,24-,27-,28-,29+,30-,31-,32-,33+,34-,35-,36-,37+,38-/m1/s1. The molecule has 3 aliphatic rings. The van der Waals surface area contributed by atoms with E-state index in [2.05, 4.69) is 24.5 Å². The number of aromatic amines is 1. The van der Waals surface area contributed by atoms with Crippen LogP contribution in [0.3, 0.4) is 0 Å². The molecule has 20 nitrogen and oxygen atoms in total. The van der Waals surface area contributed by atoms with E-state index in [0.717, 1.165) is 55.4 Å². The van der Waals surface area contributed by atoms with Gasteiger partial charge in [-0.05, 0) is 24.8 Å². The molecule has 0 saturated carbocycles. The Balaban J connectivity index is 1.44. The van der Waals surface area contributed by atoms with Gasteiger partial charge < -0.3 is 70.4 Å². The maximum Gasteiger partial charge on any atom is 0.330 e. The number of carbonyl (C=O) groups excluding carboxylic acids is 2. The Bertz CT molecular complexity index is 1610. The van der Waals surface area contributed by atoms with Crippen molar-refractivity contribution in [1.82, 2.24) is 20.2 Å². The summed E-state index contributed by atoms with van der Waals surface area (Å²) in [5.74, 6) is -0.621. The molecule has 4 rings (SSSR count). The fourth-order valence-electron chi connectivity index (χ4n) is 7.63. The number of H-pyrrole nitrogens is 1. The maximum absolute atomic E-state index is 13.1. The maximum atomic E-state index is 13.1. The van der Waals surface area contributed by atoms with E-state index in [9.17, 15) is 60.0 Å². The first-order chi connectivity index (χ1) is 28.0. The summed E-state index contributed by atoms with van der Waals surface area (Å²) in [6.45, 7) is 4.81. The van der Waals surface area contributed by atoms with Crippen molar-refractivity contribution >= 4 is 11.8 Å². The van der Waals surface area contributed by atoms with Crippen molar-refractivity contribution in [1.29, 1.82) is 0 Å². The van der Waals surface area contributed by atoms with Crippen LogP contribution in [0.4, 0.5) is 0 Å². The Morgan fingerprint density at radius 1 is 0.814 bits per heavy atom. The third-order valence-electron chi connectivity index (χ3n) is 11.0. The largest absolute Gasteiger partial charge is 0.394 e. The molecule has 0 bridgehead atoms.